The zero-order valence-electron chi connectivity index (χ0n) is 22.4. The second-order valence-electron chi connectivity index (χ2n) is 9.24. The summed E-state index contributed by atoms with van der Waals surface area (Å²) in [6.07, 6.45) is 0.317. The maximum absolute atomic E-state index is 14.0. The Hall–Kier alpha value is -3.07. The Morgan fingerprint density at radius 1 is 0.923 bits per heavy atom. The number of anilines is 1. The lowest BCUT2D eigenvalue weighted by Gasteiger charge is -2.33. The summed E-state index contributed by atoms with van der Waals surface area (Å²) in [6.45, 7) is 7.17. The van der Waals surface area contributed by atoms with Crippen LogP contribution in [0.4, 0.5) is 5.69 Å². The molecule has 0 saturated carbocycles. The van der Waals surface area contributed by atoms with Crippen molar-refractivity contribution in [1.29, 1.82) is 0 Å². The van der Waals surface area contributed by atoms with Gasteiger partial charge in [0.1, 0.15) is 12.6 Å². The van der Waals surface area contributed by atoms with Crippen molar-refractivity contribution in [2.45, 2.75) is 51.6 Å². The molecule has 0 unspecified atom stereocenters. The predicted octanol–water partition coefficient (Wildman–Crippen LogP) is 5.75. The lowest BCUT2D eigenvalue weighted by Crippen LogP contribution is -2.52. The van der Waals surface area contributed by atoms with Gasteiger partial charge in [0.2, 0.25) is 11.8 Å². The molecule has 7 nitrogen and oxygen atoms in total. The molecule has 10 heteroatoms. The molecule has 3 aromatic carbocycles. The summed E-state index contributed by atoms with van der Waals surface area (Å²) in [4.78, 5) is 28.5. The Balaban J connectivity index is 2.08. The Morgan fingerprint density at radius 2 is 1.62 bits per heavy atom. The molecule has 0 saturated heterocycles. The van der Waals surface area contributed by atoms with Crippen LogP contribution in [0.5, 0.6) is 0 Å². The fraction of sp³-hybridized carbons (Fsp3) is 0.310. The number of rotatable bonds is 11. The molecule has 0 bridgehead atoms. The van der Waals surface area contributed by atoms with Crippen molar-refractivity contribution in [1.82, 2.24) is 10.2 Å². The van der Waals surface area contributed by atoms with Crippen molar-refractivity contribution >= 4 is 50.7 Å². The van der Waals surface area contributed by atoms with Crippen LogP contribution in [0.3, 0.4) is 0 Å². The van der Waals surface area contributed by atoms with E-state index in [4.69, 9.17) is 23.2 Å². The van der Waals surface area contributed by atoms with E-state index in [9.17, 15) is 18.0 Å². The molecule has 0 aromatic heterocycles. The second kappa shape index (κ2) is 13.3. The molecule has 0 spiro atoms. The second-order valence-corrected chi connectivity index (χ2v) is 11.9. The van der Waals surface area contributed by atoms with E-state index in [0.717, 1.165) is 15.4 Å². The first-order valence-electron chi connectivity index (χ1n) is 12.6. The largest absolute Gasteiger partial charge is 0.355 e. The quantitative estimate of drug-likeness (QED) is 0.308. The van der Waals surface area contributed by atoms with Crippen LogP contribution in [0.15, 0.2) is 71.6 Å². The average Bonchev–Trinajstić information content (AvgIpc) is 2.88. The topological polar surface area (TPSA) is 86.8 Å². The van der Waals surface area contributed by atoms with Crippen LogP contribution >= 0.6 is 23.2 Å². The Morgan fingerprint density at radius 3 is 2.21 bits per heavy atom. The number of sulfonamides is 1. The van der Waals surface area contributed by atoms with Crippen molar-refractivity contribution < 1.29 is 18.0 Å². The predicted molar refractivity (Wildman–Crippen MR) is 157 cm³/mol. The smallest absolute Gasteiger partial charge is 0.264 e. The highest BCUT2D eigenvalue weighted by Gasteiger charge is 2.33. The number of halogens is 2. The molecule has 0 heterocycles. The van der Waals surface area contributed by atoms with Crippen LogP contribution in [0.25, 0.3) is 0 Å². The zero-order valence-corrected chi connectivity index (χ0v) is 24.8. The van der Waals surface area contributed by atoms with Crippen LogP contribution in [0, 0.1) is 13.8 Å². The van der Waals surface area contributed by atoms with Crippen LogP contribution in [-0.4, -0.2) is 44.3 Å². The molecular formula is C29H33Cl2N3O4S. The highest BCUT2D eigenvalue weighted by molar-refractivity contribution is 7.92. The average molecular weight is 591 g/mol. The summed E-state index contributed by atoms with van der Waals surface area (Å²) < 4.78 is 28.8. The fourth-order valence-corrected chi connectivity index (χ4v) is 6.07. The standard InChI is InChI=1S/C29H33Cl2N3O4S/c1-5-27(29(36)32-6-2)33(18-22-12-13-23(30)17-26(22)31)28(35)19-34(24-9-7-8-21(4)16-24)39(37,38)25-14-10-20(3)11-15-25/h7-17,27H,5-6,18-19H2,1-4H3,(H,32,36)/t27-/m0/s1. The van der Waals surface area contributed by atoms with E-state index >= 15 is 0 Å². The van der Waals surface area contributed by atoms with Gasteiger partial charge in [0.05, 0.1) is 10.6 Å². The summed E-state index contributed by atoms with van der Waals surface area (Å²) in [5, 5.41) is 3.56. The normalized spacial score (nSPS) is 12.1. The van der Waals surface area contributed by atoms with Gasteiger partial charge in [0, 0.05) is 23.1 Å². The first kappa shape index (κ1) is 30.5. The maximum Gasteiger partial charge on any atom is 0.264 e. The van der Waals surface area contributed by atoms with E-state index in [0.29, 0.717) is 34.3 Å². The summed E-state index contributed by atoms with van der Waals surface area (Å²) in [6, 6.07) is 17.5. The lowest BCUT2D eigenvalue weighted by molar-refractivity contribution is -0.140. The Bertz CT molecular complexity index is 1430. The van der Waals surface area contributed by atoms with E-state index in [-0.39, 0.29) is 17.3 Å². The number of benzene rings is 3. The third-order valence-corrected chi connectivity index (χ3v) is 8.65. The van der Waals surface area contributed by atoms with E-state index in [1.807, 2.05) is 19.9 Å². The summed E-state index contributed by atoms with van der Waals surface area (Å²) >= 11 is 12.5. The minimum Gasteiger partial charge on any atom is -0.355 e. The van der Waals surface area contributed by atoms with E-state index in [1.165, 1.54) is 17.0 Å². The summed E-state index contributed by atoms with van der Waals surface area (Å²) in [5.41, 5.74) is 2.67. The molecule has 0 aliphatic rings. The number of amides is 2. The van der Waals surface area contributed by atoms with Gasteiger partial charge in [0.25, 0.3) is 10.0 Å². The first-order valence-corrected chi connectivity index (χ1v) is 14.8. The number of nitrogens with one attached hydrogen (secondary N) is 1. The monoisotopic (exact) mass is 589 g/mol. The molecule has 1 atom stereocenters. The molecule has 3 aromatic rings. The van der Waals surface area contributed by atoms with Gasteiger partial charge >= 0.3 is 0 Å². The number of hydrogen-bond donors (Lipinski definition) is 1. The molecular weight excluding hydrogens is 557 g/mol. The number of carbonyl (C=O) groups is 2. The highest BCUT2D eigenvalue weighted by atomic mass is 35.5. The minimum atomic E-state index is -4.12. The Kier molecular flexibility index (Phi) is 10.4. The molecule has 3 rings (SSSR count). The van der Waals surface area contributed by atoms with Crippen LogP contribution in [0.2, 0.25) is 10.0 Å². The number of aryl methyl sites for hydroxylation is 2. The van der Waals surface area contributed by atoms with Crippen molar-refractivity contribution in [2.24, 2.45) is 0 Å². The van der Waals surface area contributed by atoms with Gasteiger partial charge in [-0.25, -0.2) is 8.42 Å². The first-order chi connectivity index (χ1) is 18.5. The van der Waals surface area contributed by atoms with Crippen LogP contribution in [-0.2, 0) is 26.2 Å². The third kappa shape index (κ3) is 7.53. The van der Waals surface area contributed by atoms with Gasteiger partial charge in [-0.2, -0.15) is 0 Å². The maximum atomic E-state index is 14.0. The lowest BCUT2D eigenvalue weighted by atomic mass is 10.1. The molecule has 0 fully saturated rings. The van der Waals surface area contributed by atoms with E-state index < -0.39 is 28.5 Å². The SMILES string of the molecule is CCNC(=O)[C@H](CC)N(Cc1ccc(Cl)cc1Cl)C(=O)CN(c1cccc(C)c1)S(=O)(=O)c1ccc(C)cc1. The van der Waals surface area contributed by atoms with Gasteiger partial charge in [-0.15, -0.1) is 0 Å². The third-order valence-electron chi connectivity index (χ3n) is 6.27. The van der Waals surface area contributed by atoms with Gasteiger partial charge in [0.15, 0.2) is 0 Å². The molecule has 0 aliphatic carbocycles. The van der Waals surface area contributed by atoms with Crippen molar-refractivity contribution in [2.75, 3.05) is 17.4 Å². The van der Waals surface area contributed by atoms with Crippen molar-refractivity contribution in [3.05, 3.63) is 93.5 Å². The minimum absolute atomic E-state index is 0.00326. The van der Waals surface area contributed by atoms with Gasteiger partial charge < -0.3 is 10.2 Å². The van der Waals surface area contributed by atoms with Crippen LogP contribution < -0.4 is 9.62 Å². The van der Waals surface area contributed by atoms with Crippen molar-refractivity contribution in [3.63, 3.8) is 0 Å². The zero-order chi connectivity index (χ0) is 28.7. The molecule has 0 aliphatic heterocycles. The van der Waals surface area contributed by atoms with Gasteiger partial charge in [-0.1, -0.05) is 66.0 Å². The molecule has 208 valence electrons. The highest BCUT2D eigenvalue weighted by Crippen LogP contribution is 2.27. The Labute approximate surface area is 240 Å². The van der Waals surface area contributed by atoms with E-state index in [2.05, 4.69) is 5.32 Å². The molecule has 0 radical (unpaired) electrons. The number of likely N-dealkylation sites (N-methyl/N-ethyl adjacent to an activating group) is 1. The molecule has 2 amide bonds. The number of hydrogen-bond acceptors (Lipinski definition) is 4. The van der Waals surface area contributed by atoms with Gasteiger partial charge in [-0.3, -0.25) is 13.9 Å². The summed E-state index contributed by atoms with van der Waals surface area (Å²) in [7, 11) is -4.12. The van der Waals surface area contributed by atoms with Gasteiger partial charge in [-0.05, 0) is 74.7 Å². The number of nitrogens with zero attached hydrogens (tertiary/aromatic N) is 2. The van der Waals surface area contributed by atoms with Crippen LogP contribution in [0.1, 0.15) is 37.0 Å². The molecule has 1 N–H and O–H groups in total. The van der Waals surface area contributed by atoms with E-state index in [1.54, 1.807) is 62.4 Å². The fourth-order valence-electron chi connectivity index (χ4n) is 4.19. The summed E-state index contributed by atoms with van der Waals surface area (Å²) in [5.74, 6) is -0.877. The number of carbonyl (C=O) groups excluding carboxylic acids is 2. The van der Waals surface area contributed by atoms with Crippen molar-refractivity contribution in [3.8, 4) is 0 Å². The molecule has 39 heavy (non-hydrogen) atoms.